The van der Waals surface area contributed by atoms with Gasteiger partial charge >= 0.3 is 0 Å². The summed E-state index contributed by atoms with van der Waals surface area (Å²) in [6, 6.07) is 2.24. The van der Waals surface area contributed by atoms with E-state index in [9.17, 15) is 26.9 Å². The van der Waals surface area contributed by atoms with Gasteiger partial charge in [-0.05, 0) is 19.1 Å². The third-order valence-electron chi connectivity index (χ3n) is 4.19. The van der Waals surface area contributed by atoms with Gasteiger partial charge in [-0.1, -0.05) is 0 Å². The van der Waals surface area contributed by atoms with Crippen molar-refractivity contribution in [1.29, 1.82) is 0 Å². The number of nitrogens with zero attached hydrogens (tertiary/aromatic N) is 3. The summed E-state index contributed by atoms with van der Waals surface area (Å²) in [5.74, 6) is 0. The molecule has 1 aliphatic rings. The van der Waals surface area contributed by atoms with E-state index in [2.05, 4.69) is 4.72 Å². The number of sulfonamides is 2. The number of nitro groups is 1. The first kappa shape index (κ1) is 22.6. The van der Waals surface area contributed by atoms with Crippen LogP contribution >= 0.6 is 0 Å². The lowest BCUT2D eigenvalue weighted by atomic mass is 10.3. The highest BCUT2D eigenvalue weighted by Crippen LogP contribution is 2.28. The zero-order valence-corrected chi connectivity index (χ0v) is 17.5. The number of nitrogens with one attached hydrogen (secondary N) is 1. The third kappa shape index (κ3) is 5.24. The maximum atomic E-state index is 12.7. The minimum atomic E-state index is -4.23. The first-order valence-electron chi connectivity index (χ1n) is 8.48. The lowest BCUT2D eigenvalue weighted by Gasteiger charge is -2.29. The van der Waals surface area contributed by atoms with Gasteiger partial charge in [0.1, 0.15) is 0 Å². The van der Waals surface area contributed by atoms with E-state index in [0.29, 0.717) is 32.8 Å². The molecule has 13 heteroatoms. The second-order valence-corrected chi connectivity index (χ2v) is 10.4. The summed E-state index contributed by atoms with van der Waals surface area (Å²) in [5, 5.41) is 11.4. The van der Waals surface area contributed by atoms with Gasteiger partial charge in [-0.3, -0.25) is 15.0 Å². The Labute approximate surface area is 164 Å². The van der Waals surface area contributed by atoms with Crippen molar-refractivity contribution >= 4 is 25.7 Å². The molecular weight excluding hydrogens is 412 g/mol. The Morgan fingerprint density at radius 3 is 2.39 bits per heavy atom. The highest BCUT2D eigenvalue weighted by Gasteiger charge is 2.30. The van der Waals surface area contributed by atoms with Crippen LogP contribution in [0.3, 0.4) is 0 Å². The van der Waals surface area contributed by atoms with Gasteiger partial charge in [0.15, 0.2) is 4.90 Å². The summed E-state index contributed by atoms with van der Waals surface area (Å²) in [6.45, 7) is 4.54. The molecule has 0 amide bonds. The molecule has 1 aliphatic heterocycles. The minimum absolute atomic E-state index is 0.357. The van der Waals surface area contributed by atoms with Gasteiger partial charge < -0.3 is 4.74 Å². The molecule has 0 aliphatic carbocycles. The molecule has 158 valence electrons. The standard InChI is InChI=1S/C15H24N4O7S2/c1-12(11-18-6-8-26-9-7-18)16-27(22,23)15-5-4-13(10-14(15)19(20)21)28(24,25)17(2)3/h4-5,10,12,16H,6-9,11H2,1-3H3/t12-/m1/s1. The summed E-state index contributed by atoms with van der Waals surface area (Å²) in [7, 11) is -5.61. The van der Waals surface area contributed by atoms with Crippen LogP contribution in [0.4, 0.5) is 5.69 Å². The molecule has 1 atom stereocenters. The molecule has 1 heterocycles. The van der Waals surface area contributed by atoms with Crippen molar-refractivity contribution in [3.05, 3.63) is 28.3 Å². The van der Waals surface area contributed by atoms with Crippen LogP contribution in [0.5, 0.6) is 0 Å². The predicted octanol–water partition coefficient (Wildman–Crippen LogP) is -0.156. The summed E-state index contributed by atoms with van der Waals surface area (Å²) >= 11 is 0. The van der Waals surface area contributed by atoms with Crippen LogP contribution in [0.2, 0.25) is 0 Å². The van der Waals surface area contributed by atoms with Crippen LogP contribution in [-0.2, 0) is 24.8 Å². The highest BCUT2D eigenvalue weighted by atomic mass is 32.2. The Morgan fingerprint density at radius 1 is 1.25 bits per heavy atom. The number of hydrogen-bond acceptors (Lipinski definition) is 8. The fraction of sp³-hybridized carbons (Fsp3) is 0.600. The molecule has 1 fully saturated rings. The molecule has 1 aromatic rings. The third-order valence-corrected chi connectivity index (χ3v) is 7.64. The second-order valence-electron chi connectivity index (χ2n) is 6.61. The zero-order valence-electron chi connectivity index (χ0n) is 15.9. The monoisotopic (exact) mass is 436 g/mol. The van der Waals surface area contributed by atoms with Crippen molar-refractivity contribution in [3.63, 3.8) is 0 Å². The summed E-state index contributed by atoms with van der Waals surface area (Å²) in [5.41, 5.74) is -0.797. The number of hydrogen-bond donors (Lipinski definition) is 1. The molecule has 0 saturated carbocycles. The van der Waals surface area contributed by atoms with Crippen molar-refractivity contribution < 1.29 is 26.5 Å². The van der Waals surface area contributed by atoms with Gasteiger partial charge in [0.25, 0.3) is 5.69 Å². The van der Waals surface area contributed by atoms with Gasteiger partial charge in [0, 0.05) is 45.8 Å². The van der Waals surface area contributed by atoms with E-state index in [0.717, 1.165) is 22.5 Å². The van der Waals surface area contributed by atoms with Crippen LogP contribution in [0.1, 0.15) is 6.92 Å². The molecule has 0 aromatic heterocycles. The number of ether oxygens (including phenoxy) is 1. The molecule has 11 nitrogen and oxygen atoms in total. The lowest BCUT2D eigenvalue weighted by molar-refractivity contribution is -0.388. The van der Waals surface area contributed by atoms with Gasteiger partial charge in [-0.15, -0.1) is 0 Å². The van der Waals surface area contributed by atoms with Crippen molar-refractivity contribution in [1.82, 2.24) is 13.9 Å². The maximum Gasteiger partial charge on any atom is 0.290 e. The van der Waals surface area contributed by atoms with Crippen molar-refractivity contribution in [2.75, 3.05) is 46.9 Å². The summed E-state index contributed by atoms with van der Waals surface area (Å²) in [6.07, 6.45) is 0. The fourth-order valence-corrected chi connectivity index (χ4v) is 5.08. The van der Waals surface area contributed by atoms with Crippen LogP contribution in [0, 0.1) is 10.1 Å². The van der Waals surface area contributed by atoms with Crippen LogP contribution in [0.15, 0.2) is 28.0 Å². The Kier molecular flexibility index (Phi) is 7.12. The highest BCUT2D eigenvalue weighted by molar-refractivity contribution is 7.90. The maximum absolute atomic E-state index is 12.7. The van der Waals surface area contributed by atoms with Gasteiger partial charge in [0.05, 0.1) is 23.0 Å². The Bertz CT molecular complexity index is 926. The largest absolute Gasteiger partial charge is 0.379 e. The van der Waals surface area contributed by atoms with Crippen molar-refractivity contribution in [3.8, 4) is 0 Å². The zero-order chi connectivity index (χ0) is 21.1. The number of benzene rings is 1. The van der Waals surface area contributed by atoms with Crippen molar-refractivity contribution in [2.24, 2.45) is 0 Å². The molecule has 1 aromatic carbocycles. The van der Waals surface area contributed by atoms with Crippen LogP contribution < -0.4 is 4.72 Å². The quantitative estimate of drug-likeness (QED) is 0.438. The van der Waals surface area contributed by atoms with E-state index in [-0.39, 0.29) is 4.90 Å². The fourth-order valence-electron chi connectivity index (χ4n) is 2.78. The molecule has 2 rings (SSSR count). The Morgan fingerprint density at radius 2 is 1.86 bits per heavy atom. The van der Waals surface area contributed by atoms with E-state index in [1.165, 1.54) is 14.1 Å². The first-order chi connectivity index (χ1) is 12.9. The van der Waals surface area contributed by atoms with Crippen LogP contribution in [-0.4, -0.2) is 83.9 Å². The van der Waals surface area contributed by atoms with Crippen molar-refractivity contribution in [2.45, 2.75) is 22.8 Å². The van der Waals surface area contributed by atoms with E-state index >= 15 is 0 Å². The molecule has 1 saturated heterocycles. The molecule has 28 heavy (non-hydrogen) atoms. The molecule has 0 unspecified atom stereocenters. The summed E-state index contributed by atoms with van der Waals surface area (Å²) < 4.78 is 58.3. The normalized spacial score (nSPS) is 17.6. The van der Waals surface area contributed by atoms with Crippen LogP contribution in [0.25, 0.3) is 0 Å². The Balaban J connectivity index is 2.30. The van der Waals surface area contributed by atoms with E-state index in [4.69, 9.17) is 4.74 Å². The minimum Gasteiger partial charge on any atom is -0.379 e. The number of nitro benzene ring substituents is 1. The van der Waals surface area contributed by atoms with Gasteiger partial charge in [-0.25, -0.2) is 25.9 Å². The average Bonchev–Trinajstić information content (AvgIpc) is 2.61. The molecule has 1 N–H and O–H groups in total. The second kappa shape index (κ2) is 8.80. The SMILES string of the molecule is C[C@H](CN1CCOCC1)NS(=O)(=O)c1ccc(S(=O)(=O)N(C)C)cc1[N+](=O)[O-]. The van der Waals surface area contributed by atoms with Gasteiger partial charge in [-0.2, -0.15) is 0 Å². The smallest absolute Gasteiger partial charge is 0.290 e. The molecule has 0 bridgehead atoms. The number of rotatable bonds is 8. The number of morpholine rings is 1. The molecule has 0 radical (unpaired) electrons. The van der Waals surface area contributed by atoms with E-state index in [1.54, 1.807) is 6.92 Å². The topological polar surface area (TPSA) is 139 Å². The average molecular weight is 437 g/mol. The predicted molar refractivity (Wildman–Crippen MR) is 101 cm³/mol. The molecular formula is C15H24N4O7S2. The summed E-state index contributed by atoms with van der Waals surface area (Å²) in [4.78, 5) is 11.6. The lowest BCUT2D eigenvalue weighted by Crippen LogP contribution is -2.46. The molecule has 0 spiro atoms. The first-order valence-corrected chi connectivity index (χ1v) is 11.4. The van der Waals surface area contributed by atoms with Gasteiger partial charge in [0.2, 0.25) is 20.0 Å². The van der Waals surface area contributed by atoms with E-state index < -0.39 is 41.6 Å². The Hall–Kier alpha value is -1.64. The van der Waals surface area contributed by atoms with E-state index in [1.807, 2.05) is 4.90 Å².